The molecule has 4 fully saturated rings. The van der Waals surface area contributed by atoms with E-state index < -0.39 is 18.2 Å². The van der Waals surface area contributed by atoms with Crippen molar-refractivity contribution >= 4 is 5.97 Å². The summed E-state index contributed by atoms with van der Waals surface area (Å²) in [5, 5.41) is 31.2. The number of carboxylic acids is 1. The summed E-state index contributed by atoms with van der Waals surface area (Å²) in [5.74, 6) is 1.35. The van der Waals surface area contributed by atoms with Gasteiger partial charge in [0.15, 0.2) is 0 Å². The van der Waals surface area contributed by atoms with Gasteiger partial charge in [0.05, 0.1) is 12.2 Å². The molecular formula is C24H39NO4. The van der Waals surface area contributed by atoms with E-state index in [1.54, 1.807) is 0 Å². The standard InChI is InChI=1S/C24H39NO4/c1-14(2)15-5-3-6-16(11-15)22(26)10-9-18-19-12-17-7-4-8-20(24(28)29)25(17)21(19)13-23(18)27/h9-10,14-23,26-27H,3-8,11-13H2,1-2H3,(H,28,29)/b10-9+/t15?,16?,17?,18-,19-,20?,21-,22+,23-/m1/s1. The summed E-state index contributed by atoms with van der Waals surface area (Å²) >= 11 is 0. The van der Waals surface area contributed by atoms with Crippen LogP contribution in [0.15, 0.2) is 12.2 Å². The highest BCUT2D eigenvalue weighted by atomic mass is 16.4. The minimum atomic E-state index is -0.712. The summed E-state index contributed by atoms with van der Waals surface area (Å²) in [6.45, 7) is 4.56. The fraction of sp³-hybridized carbons (Fsp3) is 0.875. The molecule has 5 heteroatoms. The summed E-state index contributed by atoms with van der Waals surface area (Å²) in [6, 6.07) is 0.126. The van der Waals surface area contributed by atoms with Crippen LogP contribution in [0.4, 0.5) is 0 Å². The number of fused-ring (bicyclic) bond motifs is 3. The zero-order chi connectivity index (χ0) is 20.7. The van der Waals surface area contributed by atoms with Crippen LogP contribution < -0.4 is 0 Å². The Labute approximate surface area is 175 Å². The van der Waals surface area contributed by atoms with E-state index >= 15 is 0 Å². The minimum absolute atomic E-state index is 0.0409. The molecule has 29 heavy (non-hydrogen) atoms. The van der Waals surface area contributed by atoms with Gasteiger partial charge in [-0.05, 0) is 68.6 Å². The average Bonchev–Trinajstić information content (AvgIpc) is 3.20. The van der Waals surface area contributed by atoms with E-state index in [-0.39, 0.29) is 18.0 Å². The molecule has 2 heterocycles. The average molecular weight is 406 g/mol. The maximum absolute atomic E-state index is 11.8. The van der Waals surface area contributed by atoms with Gasteiger partial charge >= 0.3 is 5.97 Å². The van der Waals surface area contributed by atoms with Crippen molar-refractivity contribution in [2.45, 2.75) is 102 Å². The first kappa shape index (κ1) is 21.3. The molecule has 164 valence electrons. The Morgan fingerprint density at radius 1 is 1.03 bits per heavy atom. The van der Waals surface area contributed by atoms with Crippen molar-refractivity contribution in [3.05, 3.63) is 12.2 Å². The monoisotopic (exact) mass is 405 g/mol. The van der Waals surface area contributed by atoms with Crippen LogP contribution in [-0.4, -0.2) is 56.5 Å². The third-order valence-corrected chi connectivity index (χ3v) is 8.64. The van der Waals surface area contributed by atoms with Gasteiger partial charge in [0.2, 0.25) is 0 Å². The van der Waals surface area contributed by atoms with Gasteiger partial charge in [-0.3, -0.25) is 9.69 Å². The molecule has 2 aliphatic carbocycles. The summed E-state index contributed by atoms with van der Waals surface area (Å²) in [5.41, 5.74) is 0. The minimum Gasteiger partial charge on any atom is -0.480 e. The molecule has 0 aromatic carbocycles. The second-order valence-corrected chi connectivity index (χ2v) is 10.5. The Hall–Kier alpha value is -0.910. The van der Waals surface area contributed by atoms with E-state index in [4.69, 9.17) is 0 Å². The molecule has 4 unspecified atom stereocenters. The van der Waals surface area contributed by atoms with Gasteiger partial charge in [0, 0.05) is 18.0 Å². The number of carbonyl (C=O) groups is 1. The van der Waals surface area contributed by atoms with Crippen LogP contribution in [0.1, 0.15) is 71.6 Å². The Bertz CT molecular complexity index is 620. The highest BCUT2D eigenvalue weighted by Crippen LogP contribution is 2.49. The van der Waals surface area contributed by atoms with Gasteiger partial charge in [-0.15, -0.1) is 0 Å². The second kappa shape index (κ2) is 8.68. The summed E-state index contributed by atoms with van der Waals surface area (Å²) in [6.07, 6.45) is 12.3. The van der Waals surface area contributed by atoms with Crippen molar-refractivity contribution in [1.82, 2.24) is 4.90 Å². The molecule has 2 saturated heterocycles. The fourth-order valence-corrected chi connectivity index (χ4v) is 7.04. The first-order valence-corrected chi connectivity index (χ1v) is 11.9. The Morgan fingerprint density at radius 2 is 1.76 bits per heavy atom. The van der Waals surface area contributed by atoms with Crippen LogP contribution >= 0.6 is 0 Å². The SMILES string of the molecule is CC(C)C1CCCC([C@@H](O)/C=C/[C@@H]2[C@H]3CC4CCCC(C(=O)O)N4[C@@H]3C[C@H]2O)C1. The lowest BCUT2D eigenvalue weighted by atomic mass is 9.74. The van der Waals surface area contributed by atoms with E-state index in [0.717, 1.165) is 38.5 Å². The van der Waals surface area contributed by atoms with Crippen molar-refractivity contribution in [1.29, 1.82) is 0 Å². The number of aliphatic hydroxyl groups excluding tert-OH is 2. The van der Waals surface area contributed by atoms with Crippen molar-refractivity contribution in [2.24, 2.45) is 29.6 Å². The Kier molecular flexibility index (Phi) is 6.38. The Morgan fingerprint density at radius 3 is 2.48 bits per heavy atom. The molecule has 2 saturated carbocycles. The number of nitrogens with zero attached hydrogens (tertiary/aromatic N) is 1. The molecule has 9 atom stereocenters. The normalized spacial score (nSPS) is 44.2. The van der Waals surface area contributed by atoms with Crippen molar-refractivity contribution in [3.8, 4) is 0 Å². The number of aliphatic hydroxyl groups is 2. The van der Waals surface area contributed by atoms with Crippen LogP contribution in [0.25, 0.3) is 0 Å². The van der Waals surface area contributed by atoms with E-state index in [2.05, 4.69) is 24.8 Å². The van der Waals surface area contributed by atoms with Gasteiger partial charge in [-0.1, -0.05) is 38.8 Å². The van der Waals surface area contributed by atoms with Crippen molar-refractivity contribution in [3.63, 3.8) is 0 Å². The lowest BCUT2D eigenvalue weighted by molar-refractivity contribution is -0.146. The molecular weight excluding hydrogens is 366 g/mol. The van der Waals surface area contributed by atoms with Gasteiger partial charge in [0.1, 0.15) is 6.04 Å². The van der Waals surface area contributed by atoms with Gasteiger partial charge in [0.25, 0.3) is 0 Å². The van der Waals surface area contributed by atoms with Crippen LogP contribution in [0.2, 0.25) is 0 Å². The predicted octanol–water partition coefficient (Wildman–Crippen LogP) is 3.44. The molecule has 0 bridgehead atoms. The zero-order valence-corrected chi connectivity index (χ0v) is 18.0. The molecule has 0 amide bonds. The zero-order valence-electron chi connectivity index (χ0n) is 18.0. The Balaban J connectivity index is 1.42. The van der Waals surface area contributed by atoms with E-state index in [0.29, 0.717) is 36.1 Å². The van der Waals surface area contributed by atoms with E-state index in [9.17, 15) is 20.1 Å². The van der Waals surface area contributed by atoms with Gasteiger partial charge < -0.3 is 15.3 Å². The molecule has 0 aromatic heterocycles. The fourth-order valence-electron chi connectivity index (χ4n) is 7.04. The number of rotatable bonds is 5. The molecule has 3 N–H and O–H groups in total. The van der Waals surface area contributed by atoms with Crippen LogP contribution in [-0.2, 0) is 4.79 Å². The maximum atomic E-state index is 11.8. The third kappa shape index (κ3) is 4.15. The molecule has 4 rings (SSSR count). The maximum Gasteiger partial charge on any atom is 0.320 e. The molecule has 4 aliphatic rings. The van der Waals surface area contributed by atoms with Gasteiger partial charge in [-0.25, -0.2) is 0 Å². The van der Waals surface area contributed by atoms with Gasteiger partial charge in [-0.2, -0.15) is 0 Å². The number of hydrogen-bond donors (Lipinski definition) is 3. The van der Waals surface area contributed by atoms with Crippen molar-refractivity contribution < 1.29 is 20.1 Å². The first-order valence-electron chi connectivity index (χ1n) is 11.9. The number of piperidine rings is 1. The van der Waals surface area contributed by atoms with E-state index in [1.807, 2.05) is 6.08 Å². The summed E-state index contributed by atoms with van der Waals surface area (Å²) < 4.78 is 0. The second-order valence-electron chi connectivity index (χ2n) is 10.5. The van der Waals surface area contributed by atoms with Crippen LogP contribution in [0, 0.1) is 29.6 Å². The van der Waals surface area contributed by atoms with E-state index in [1.165, 1.54) is 12.8 Å². The lowest BCUT2D eigenvalue weighted by Gasteiger charge is -2.38. The van der Waals surface area contributed by atoms with Crippen LogP contribution in [0.3, 0.4) is 0 Å². The molecule has 0 spiro atoms. The quantitative estimate of drug-likeness (QED) is 0.611. The van der Waals surface area contributed by atoms with Crippen molar-refractivity contribution in [2.75, 3.05) is 0 Å². The predicted molar refractivity (Wildman–Crippen MR) is 112 cm³/mol. The third-order valence-electron chi connectivity index (χ3n) is 8.64. The molecule has 5 nitrogen and oxygen atoms in total. The number of hydrogen-bond acceptors (Lipinski definition) is 4. The number of aliphatic carboxylic acids is 1. The summed E-state index contributed by atoms with van der Waals surface area (Å²) in [4.78, 5) is 14.0. The molecule has 2 aliphatic heterocycles. The summed E-state index contributed by atoms with van der Waals surface area (Å²) in [7, 11) is 0. The highest BCUT2D eigenvalue weighted by molar-refractivity contribution is 5.73. The smallest absolute Gasteiger partial charge is 0.320 e. The molecule has 0 radical (unpaired) electrons. The molecule has 0 aromatic rings. The largest absolute Gasteiger partial charge is 0.480 e. The first-order chi connectivity index (χ1) is 13.9. The lowest BCUT2D eigenvalue weighted by Crippen LogP contribution is -2.51. The highest BCUT2D eigenvalue weighted by Gasteiger charge is 2.55. The number of carboxylic acid groups (broad SMARTS) is 1. The van der Waals surface area contributed by atoms with Crippen LogP contribution in [0.5, 0.6) is 0 Å². The topological polar surface area (TPSA) is 81.0 Å².